The number of allylic oxidation sites excluding steroid dienone is 4. The van der Waals surface area contributed by atoms with E-state index in [2.05, 4.69) is 32.1 Å². The Morgan fingerprint density at radius 2 is 2.08 bits per heavy atom. The van der Waals surface area contributed by atoms with Crippen LogP contribution in [-0.4, -0.2) is 23.3 Å². The second kappa shape index (κ2) is 5.39. The molecule has 0 aromatic heterocycles. The van der Waals surface area contributed by atoms with Crippen LogP contribution in [0.3, 0.4) is 0 Å². The van der Waals surface area contributed by atoms with Crippen molar-refractivity contribution >= 4 is 11.6 Å². The third-order valence-electron chi connectivity index (χ3n) is 7.94. The number of fused-ring (bicyclic) bond motifs is 5. The molecule has 130 valence electrons. The molecule has 24 heavy (non-hydrogen) atoms. The minimum absolute atomic E-state index is 0.0187. The van der Waals surface area contributed by atoms with E-state index in [1.54, 1.807) is 0 Å². The van der Waals surface area contributed by atoms with Crippen LogP contribution in [0.1, 0.15) is 52.4 Å². The van der Waals surface area contributed by atoms with Gasteiger partial charge in [-0.15, -0.1) is 0 Å². The Bertz CT molecular complexity index is 645. The van der Waals surface area contributed by atoms with Gasteiger partial charge in [0.15, 0.2) is 5.78 Å². The number of aliphatic hydroxyl groups excluding tert-OH is 1. The van der Waals surface area contributed by atoms with Crippen LogP contribution >= 0.6 is 0 Å². The van der Waals surface area contributed by atoms with Gasteiger partial charge in [-0.2, -0.15) is 0 Å². The lowest BCUT2D eigenvalue weighted by molar-refractivity contribution is -0.147. The Hall–Kier alpha value is -1.22. The van der Waals surface area contributed by atoms with Gasteiger partial charge < -0.3 is 5.11 Å². The molecular weight excluding hydrogens is 300 g/mol. The van der Waals surface area contributed by atoms with Crippen molar-refractivity contribution in [2.45, 2.75) is 52.4 Å². The Kier molecular flexibility index (Phi) is 3.65. The van der Waals surface area contributed by atoms with Gasteiger partial charge in [-0.1, -0.05) is 37.6 Å². The van der Waals surface area contributed by atoms with E-state index in [4.69, 9.17) is 0 Å². The second-order valence-corrected chi connectivity index (χ2v) is 8.93. The van der Waals surface area contributed by atoms with Gasteiger partial charge in [0.25, 0.3) is 0 Å². The molecule has 0 saturated heterocycles. The molecule has 0 aromatic rings. The molecule has 0 spiro atoms. The number of hydrogen-bond acceptors (Lipinski definition) is 3. The van der Waals surface area contributed by atoms with Gasteiger partial charge in [0, 0.05) is 23.7 Å². The third-order valence-corrected chi connectivity index (χ3v) is 7.94. The van der Waals surface area contributed by atoms with Gasteiger partial charge in [0.2, 0.25) is 0 Å². The van der Waals surface area contributed by atoms with Gasteiger partial charge in [-0.3, -0.25) is 9.59 Å². The Morgan fingerprint density at radius 3 is 2.83 bits per heavy atom. The van der Waals surface area contributed by atoms with E-state index in [-0.39, 0.29) is 35.1 Å². The van der Waals surface area contributed by atoms with Crippen LogP contribution in [0.4, 0.5) is 0 Å². The number of Topliss-reactive ketones (excluding diaryl/α,β-unsaturated/α-hetero) is 2. The summed E-state index contributed by atoms with van der Waals surface area (Å²) < 4.78 is 0. The summed E-state index contributed by atoms with van der Waals surface area (Å²) in [6.07, 6.45) is 12.1. The summed E-state index contributed by atoms with van der Waals surface area (Å²) in [6, 6.07) is 0. The highest BCUT2D eigenvalue weighted by molar-refractivity contribution is 5.88. The van der Waals surface area contributed by atoms with Crippen LogP contribution in [-0.2, 0) is 9.59 Å². The maximum absolute atomic E-state index is 13.3. The summed E-state index contributed by atoms with van der Waals surface area (Å²) in [5.74, 6) is 1.14. The average Bonchev–Trinajstić information content (AvgIpc) is 2.89. The highest BCUT2D eigenvalue weighted by Crippen LogP contribution is 2.65. The molecule has 0 unspecified atom stereocenters. The van der Waals surface area contributed by atoms with Crippen LogP contribution in [0.5, 0.6) is 0 Å². The Labute approximate surface area is 144 Å². The predicted octanol–water partition coefficient (Wildman–Crippen LogP) is 3.47. The summed E-state index contributed by atoms with van der Waals surface area (Å²) in [4.78, 5) is 25.5. The lowest BCUT2D eigenvalue weighted by Gasteiger charge is -2.56. The van der Waals surface area contributed by atoms with Crippen LogP contribution in [0.15, 0.2) is 23.8 Å². The fraction of sp³-hybridized carbons (Fsp3) is 0.714. The van der Waals surface area contributed by atoms with Crippen LogP contribution in [0.2, 0.25) is 0 Å². The molecular formula is C21H28O3. The topological polar surface area (TPSA) is 54.4 Å². The first-order chi connectivity index (χ1) is 11.4. The molecule has 4 rings (SSSR count). The molecule has 0 aromatic carbocycles. The lowest BCUT2D eigenvalue weighted by atomic mass is 9.46. The van der Waals surface area contributed by atoms with Crippen LogP contribution in [0.25, 0.3) is 0 Å². The first kappa shape index (κ1) is 16.3. The van der Waals surface area contributed by atoms with E-state index in [9.17, 15) is 14.7 Å². The van der Waals surface area contributed by atoms with Gasteiger partial charge >= 0.3 is 0 Å². The summed E-state index contributed by atoms with van der Waals surface area (Å²) >= 11 is 0. The second-order valence-electron chi connectivity index (χ2n) is 8.93. The molecule has 0 aliphatic heterocycles. The molecule has 0 heterocycles. The molecule has 3 saturated carbocycles. The van der Waals surface area contributed by atoms with Crippen LogP contribution in [0, 0.1) is 34.5 Å². The number of carbonyl (C=O) groups is 2. The first-order valence-corrected chi connectivity index (χ1v) is 9.44. The van der Waals surface area contributed by atoms with Crippen molar-refractivity contribution in [3.8, 4) is 0 Å². The summed E-state index contributed by atoms with van der Waals surface area (Å²) in [5.41, 5.74) is 1.19. The van der Waals surface area contributed by atoms with Crippen molar-refractivity contribution in [1.82, 2.24) is 0 Å². The van der Waals surface area contributed by atoms with E-state index in [1.165, 1.54) is 5.57 Å². The van der Waals surface area contributed by atoms with Crippen molar-refractivity contribution in [3.05, 3.63) is 23.8 Å². The van der Waals surface area contributed by atoms with Gasteiger partial charge in [0.1, 0.15) is 12.4 Å². The van der Waals surface area contributed by atoms with E-state index in [0.717, 1.165) is 32.1 Å². The lowest BCUT2D eigenvalue weighted by Crippen LogP contribution is -2.55. The van der Waals surface area contributed by atoms with Gasteiger partial charge in [0.05, 0.1) is 0 Å². The molecule has 4 aliphatic carbocycles. The summed E-state index contributed by atoms with van der Waals surface area (Å²) in [7, 11) is 0. The first-order valence-electron chi connectivity index (χ1n) is 9.44. The maximum Gasteiger partial charge on any atom is 0.161 e. The highest BCUT2D eigenvalue weighted by atomic mass is 16.3. The number of carbonyl (C=O) groups excluding carboxylic acids is 2. The zero-order valence-electron chi connectivity index (χ0n) is 14.8. The van der Waals surface area contributed by atoms with E-state index >= 15 is 0 Å². The molecule has 6 atom stereocenters. The fourth-order valence-electron chi connectivity index (χ4n) is 6.85. The Morgan fingerprint density at radius 1 is 1.29 bits per heavy atom. The van der Waals surface area contributed by atoms with Gasteiger partial charge in [-0.05, 0) is 49.4 Å². The normalized spacial score (nSPS) is 46.8. The highest BCUT2D eigenvalue weighted by Gasteiger charge is 2.62. The number of ketones is 2. The molecule has 4 aliphatic rings. The van der Waals surface area contributed by atoms with E-state index in [1.807, 2.05) is 0 Å². The minimum atomic E-state index is -0.384. The standard InChI is InChI=1S/C21H28O3/c1-20-10-4-3-5-13(20)6-7-14-15-8-9-16(18(24)12-22)21(15,2)11-17(23)19(14)20/h3-5,14-16,19,22H,6-12H2,1-2H3/t14-,15-,16+,19+,20-,21-/m0/s1. The largest absolute Gasteiger partial charge is 0.389 e. The van der Waals surface area contributed by atoms with Crippen molar-refractivity contribution in [1.29, 1.82) is 0 Å². The zero-order valence-corrected chi connectivity index (χ0v) is 14.8. The van der Waals surface area contributed by atoms with Crippen LogP contribution < -0.4 is 0 Å². The average molecular weight is 328 g/mol. The fourth-order valence-corrected chi connectivity index (χ4v) is 6.85. The van der Waals surface area contributed by atoms with Crippen molar-refractivity contribution in [2.75, 3.05) is 6.61 Å². The molecule has 3 fully saturated rings. The van der Waals surface area contributed by atoms with E-state index < -0.39 is 0 Å². The quantitative estimate of drug-likeness (QED) is 0.844. The van der Waals surface area contributed by atoms with Gasteiger partial charge in [-0.25, -0.2) is 0 Å². The summed E-state index contributed by atoms with van der Waals surface area (Å²) in [5, 5.41) is 9.34. The molecule has 1 N–H and O–H groups in total. The monoisotopic (exact) mass is 328 g/mol. The molecule has 0 bridgehead atoms. The van der Waals surface area contributed by atoms with Crippen molar-refractivity contribution < 1.29 is 14.7 Å². The zero-order chi connectivity index (χ0) is 17.1. The Balaban J connectivity index is 1.71. The smallest absolute Gasteiger partial charge is 0.161 e. The van der Waals surface area contributed by atoms with Crippen molar-refractivity contribution in [2.24, 2.45) is 34.5 Å². The molecule has 3 heteroatoms. The molecule has 0 radical (unpaired) electrons. The van der Waals surface area contributed by atoms with Crippen molar-refractivity contribution in [3.63, 3.8) is 0 Å². The number of hydrogen-bond donors (Lipinski definition) is 1. The predicted molar refractivity (Wildman–Crippen MR) is 92.2 cm³/mol. The summed E-state index contributed by atoms with van der Waals surface area (Å²) in [6.45, 7) is 4.04. The maximum atomic E-state index is 13.3. The number of aliphatic hydroxyl groups is 1. The van der Waals surface area contributed by atoms with E-state index in [0.29, 0.717) is 24.0 Å². The molecule has 0 amide bonds. The SMILES string of the molecule is C[C@]12CC(=O)[C@H]3[C@@H](CCC4=CC=CC[C@@]43C)[C@@H]1CC[C@@H]2C(=O)CO. The third kappa shape index (κ3) is 2.00. The minimum Gasteiger partial charge on any atom is -0.389 e. The molecule has 3 nitrogen and oxygen atoms in total. The number of rotatable bonds is 2.